The first-order valence-electron chi connectivity index (χ1n) is 6.15. The van der Waals surface area contributed by atoms with Gasteiger partial charge in [0.15, 0.2) is 0 Å². The number of amides is 1. The first kappa shape index (κ1) is 11.7. The molecular formula is C10H18ClN5O. The molecule has 0 aromatic rings. The van der Waals surface area contributed by atoms with Gasteiger partial charge in [-0.3, -0.25) is 26.0 Å². The Balaban J connectivity index is 1.66. The van der Waals surface area contributed by atoms with E-state index in [-0.39, 0.29) is 11.9 Å². The third kappa shape index (κ3) is 2.15. The first-order chi connectivity index (χ1) is 8.25. The second kappa shape index (κ2) is 4.70. The molecule has 17 heavy (non-hydrogen) atoms. The fourth-order valence-electron chi connectivity index (χ4n) is 2.98. The molecule has 0 radical (unpaired) electrons. The molecular weight excluding hydrogens is 242 g/mol. The maximum atomic E-state index is 11.5. The van der Waals surface area contributed by atoms with Gasteiger partial charge in [-0.25, -0.2) is 5.43 Å². The van der Waals surface area contributed by atoms with Gasteiger partial charge in [0.25, 0.3) is 5.91 Å². The highest BCUT2D eigenvalue weighted by Gasteiger charge is 2.40. The molecule has 0 aromatic heterocycles. The van der Waals surface area contributed by atoms with Gasteiger partial charge in [-0.1, -0.05) is 0 Å². The minimum Gasteiger partial charge on any atom is -0.297 e. The summed E-state index contributed by atoms with van der Waals surface area (Å²) < 4.78 is 0. The van der Waals surface area contributed by atoms with Crippen LogP contribution < -0.4 is 21.7 Å². The number of halogens is 1. The zero-order valence-corrected chi connectivity index (χ0v) is 10.3. The van der Waals surface area contributed by atoms with Crippen molar-refractivity contribution in [3.8, 4) is 0 Å². The Hall–Kier alpha value is -0.400. The molecule has 4 atom stereocenters. The van der Waals surface area contributed by atoms with E-state index in [0.29, 0.717) is 12.0 Å². The summed E-state index contributed by atoms with van der Waals surface area (Å²) in [6.45, 7) is 3.73. The van der Waals surface area contributed by atoms with Crippen LogP contribution in [-0.4, -0.2) is 54.4 Å². The number of piperidine rings is 1. The van der Waals surface area contributed by atoms with Gasteiger partial charge in [0.05, 0.1) is 0 Å². The van der Waals surface area contributed by atoms with Crippen LogP contribution in [0.5, 0.6) is 0 Å². The molecule has 7 heteroatoms. The Morgan fingerprint density at radius 1 is 1.29 bits per heavy atom. The van der Waals surface area contributed by atoms with Crippen LogP contribution in [0.15, 0.2) is 0 Å². The highest BCUT2D eigenvalue weighted by molar-refractivity contribution is 6.31. The highest BCUT2D eigenvalue weighted by atomic mass is 35.5. The van der Waals surface area contributed by atoms with Crippen LogP contribution in [0.25, 0.3) is 0 Å². The van der Waals surface area contributed by atoms with Crippen molar-refractivity contribution in [2.45, 2.75) is 23.9 Å². The van der Waals surface area contributed by atoms with E-state index in [0.717, 1.165) is 32.6 Å². The minimum atomic E-state index is -0.449. The molecule has 3 heterocycles. The number of hydrogen-bond donors (Lipinski definition) is 4. The first-order valence-corrected chi connectivity index (χ1v) is 6.58. The van der Waals surface area contributed by atoms with Crippen LogP contribution in [0.3, 0.4) is 0 Å². The molecule has 3 fully saturated rings. The van der Waals surface area contributed by atoms with E-state index < -0.39 is 5.38 Å². The normalized spacial score (nSPS) is 43.2. The number of nitrogens with one attached hydrogen (secondary N) is 4. The van der Waals surface area contributed by atoms with Crippen molar-refractivity contribution >= 4 is 17.5 Å². The maximum Gasteiger partial charge on any atom is 0.253 e. The Morgan fingerprint density at radius 2 is 2.18 bits per heavy atom. The zero-order valence-electron chi connectivity index (χ0n) is 9.58. The molecule has 6 nitrogen and oxygen atoms in total. The minimum absolute atomic E-state index is 0.104. The number of hydrogen-bond acceptors (Lipinski definition) is 5. The molecule has 0 saturated carbocycles. The summed E-state index contributed by atoms with van der Waals surface area (Å²) >= 11 is 6.18. The van der Waals surface area contributed by atoms with Crippen molar-refractivity contribution in [2.75, 3.05) is 26.2 Å². The number of alkyl halides is 1. The number of nitrogens with zero attached hydrogens (tertiary/aromatic N) is 1. The molecule has 4 N–H and O–H groups in total. The van der Waals surface area contributed by atoms with Gasteiger partial charge in [-0.2, -0.15) is 0 Å². The van der Waals surface area contributed by atoms with Crippen LogP contribution in [0.4, 0.5) is 0 Å². The number of likely N-dealkylation sites (tertiary alicyclic amines) is 1. The number of carbonyl (C=O) groups is 1. The number of carbonyl (C=O) groups excluding carboxylic acids is 1. The average molecular weight is 260 g/mol. The fraction of sp³-hybridized carbons (Fsp3) is 0.900. The van der Waals surface area contributed by atoms with Crippen LogP contribution in [0, 0.1) is 5.92 Å². The third-order valence-electron chi connectivity index (χ3n) is 4.00. The Morgan fingerprint density at radius 3 is 3.06 bits per heavy atom. The monoisotopic (exact) mass is 259 g/mol. The Kier molecular flexibility index (Phi) is 3.23. The van der Waals surface area contributed by atoms with Crippen LogP contribution >= 0.6 is 11.6 Å². The lowest BCUT2D eigenvalue weighted by atomic mass is 9.92. The van der Waals surface area contributed by atoms with E-state index in [1.165, 1.54) is 0 Å². The second-order valence-electron chi connectivity index (χ2n) is 5.01. The van der Waals surface area contributed by atoms with Crippen LogP contribution in [0.1, 0.15) is 6.42 Å². The highest BCUT2D eigenvalue weighted by Crippen LogP contribution is 2.24. The molecule has 3 rings (SSSR count). The fourth-order valence-corrected chi connectivity index (χ4v) is 3.29. The molecule has 3 saturated heterocycles. The van der Waals surface area contributed by atoms with E-state index in [4.69, 9.17) is 11.6 Å². The van der Waals surface area contributed by atoms with E-state index in [9.17, 15) is 4.79 Å². The van der Waals surface area contributed by atoms with Gasteiger partial charge in [0.1, 0.15) is 5.38 Å². The molecule has 0 spiro atoms. The third-order valence-corrected chi connectivity index (χ3v) is 4.49. The topological polar surface area (TPSA) is 68.4 Å². The summed E-state index contributed by atoms with van der Waals surface area (Å²) in [6.07, 6.45) is 1.11. The lowest BCUT2D eigenvalue weighted by Gasteiger charge is -2.42. The average Bonchev–Trinajstić information content (AvgIpc) is 2.79. The standard InChI is InChI=1S/C10H18ClN5O/c11-9-8(4-13-15-10(9)17)16-2-1-7-6(5-16)3-12-14-7/h6-9,12-14H,1-5H2,(H,15,17). The van der Waals surface area contributed by atoms with Crippen molar-refractivity contribution in [1.82, 2.24) is 26.6 Å². The molecule has 96 valence electrons. The largest absolute Gasteiger partial charge is 0.297 e. The van der Waals surface area contributed by atoms with Gasteiger partial charge < -0.3 is 0 Å². The Bertz CT molecular complexity index is 315. The smallest absolute Gasteiger partial charge is 0.253 e. The van der Waals surface area contributed by atoms with Gasteiger partial charge in [-0.05, 0) is 6.42 Å². The summed E-state index contributed by atoms with van der Waals surface area (Å²) in [5.41, 5.74) is 12.0. The van der Waals surface area contributed by atoms with Crippen molar-refractivity contribution < 1.29 is 4.79 Å². The van der Waals surface area contributed by atoms with Gasteiger partial charge in [0.2, 0.25) is 0 Å². The predicted molar refractivity (Wildman–Crippen MR) is 64.2 cm³/mol. The summed E-state index contributed by atoms with van der Waals surface area (Å²) in [5.74, 6) is 0.505. The zero-order chi connectivity index (χ0) is 11.8. The lowest BCUT2D eigenvalue weighted by Crippen LogP contribution is -2.64. The molecule has 4 unspecified atom stereocenters. The summed E-state index contributed by atoms with van der Waals surface area (Å²) in [7, 11) is 0. The van der Waals surface area contributed by atoms with Crippen molar-refractivity contribution in [3.05, 3.63) is 0 Å². The van der Waals surface area contributed by atoms with Crippen molar-refractivity contribution in [3.63, 3.8) is 0 Å². The van der Waals surface area contributed by atoms with E-state index >= 15 is 0 Å². The van der Waals surface area contributed by atoms with Crippen LogP contribution in [-0.2, 0) is 4.79 Å². The van der Waals surface area contributed by atoms with E-state index in [1.807, 2.05) is 0 Å². The predicted octanol–water partition coefficient (Wildman–Crippen LogP) is -1.60. The van der Waals surface area contributed by atoms with Crippen molar-refractivity contribution in [2.24, 2.45) is 5.92 Å². The quantitative estimate of drug-likeness (QED) is 0.427. The molecule has 3 aliphatic heterocycles. The molecule has 0 aromatic carbocycles. The number of hydrazine groups is 2. The van der Waals surface area contributed by atoms with E-state index in [1.54, 1.807) is 0 Å². The number of fused-ring (bicyclic) bond motifs is 1. The molecule has 3 aliphatic rings. The van der Waals surface area contributed by atoms with E-state index in [2.05, 4.69) is 26.6 Å². The second-order valence-corrected chi connectivity index (χ2v) is 5.48. The Labute approximate surface area is 105 Å². The van der Waals surface area contributed by atoms with Gasteiger partial charge in [-0.15, -0.1) is 11.6 Å². The summed E-state index contributed by atoms with van der Waals surface area (Å²) in [6, 6.07) is 0.678. The SMILES string of the molecule is O=C1NNCC(N2CCC3NNCC3C2)C1Cl. The van der Waals surface area contributed by atoms with Gasteiger partial charge >= 0.3 is 0 Å². The van der Waals surface area contributed by atoms with Gasteiger partial charge in [0, 0.05) is 44.2 Å². The maximum absolute atomic E-state index is 11.5. The molecule has 0 aliphatic carbocycles. The van der Waals surface area contributed by atoms with Crippen molar-refractivity contribution in [1.29, 1.82) is 0 Å². The van der Waals surface area contributed by atoms with Crippen LogP contribution in [0.2, 0.25) is 0 Å². The lowest BCUT2D eigenvalue weighted by molar-refractivity contribution is -0.125. The summed E-state index contributed by atoms with van der Waals surface area (Å²) in [4.78, 5) is 13.9. The molecule has 0 bridgehead atoms. The summed E-state index contributed by atoms with van der Waals surface area (Å²) in [5, 5.41) is -0.449. The number of rotatable bonds is 1. The molecule has 1 amide bonds.